The maximum Gasteiger partial charge on any atom is 0.262 e. The summed E-state index contributed by atoms with van der Waals surface area (Å²) >= 11 is 0. The lowest BCUT2D eigenvalue weighted by molar-refractivity contribution is 0.0118. The van der Waals surface area contributed by atoms with Crippen molar-refractivity contribution in [2.24, 2.45) is 11.4 Å². The second kappa shape index (κ2) is 13.2. The molecule has 0 saturated carbocycles. The molecule has 1 aromatic carbocycles. The molecule has 42 heavy (non-hydrogen) atoms. The lowest BCUT2D eigenvalue weighted by Gasteiger charge is -2.21. The normalized spacial score (nSPS) is 13.6. The number of hydrogen-bond acceptors (Lipinski definition) is 10. The highest BCUT2D eigenvalue weighted by atomic mass is 32.2. The Morgan fingerprint density at radius 2 is 1.62 bits per heavy atom. The van der Waals surface area contributed by atoms with Gasteiger partial charge in [-0.15, -0.1) is 4.40 Å². The van der Waals surface area contributed by atoms with Crippen molar-refractivity contribution in [3.8, 4) is 28.6 Å². The Morgan fingerprint density at radius 3 is 2.21 bits per heavy atom. The van der Waals surface area contributed by atoms with Crippen molar-refractivity contribution in [3.05, 3.63) is 71.6 Å². The number of aromatic nitrogens is 6. The van der Waals surface area contributed by atoms with Crippen LogP contribution >= 0.6 is 0 Å². The molecular formula is C28H35N7O6S. The van der Waals surface area contributed by atoms with Crippen LogP contribution in [-0.4, -0.2) is 77.5 Å². The molecule has 0 aliphatic heterocycles. The highest BCUT2D eigenvalue weighted by Crippen LogP contribution is 2.34. The molecule has 0 fully saturated rings. The van der Waals surface area contributed by atoms with Gasteiger partial charge in [0.15, 0.2) is 11.6 Å². The molecule has 14 heteroatoms. The van der Waals surface area contributed by atoms with Gasteiger partial charge in [-0.3, -0.25) is 9.55 Å². The van der Waals surface area contributed by atoms with E-state index in [1.165, 1.54) is 32.9 Å². The van der Waals surface area contributed by atoms with Gasteiger partial charge in [0.2, 0.25) is 5.62 Å². The van der Waals surface area contributed by atoms with Crippen LogP contribution in [0.5, 0.6) is 11.5 Å². The third-order valence-corrected chi connectivity index (χ3v) is 8.05. The summed E-state index contributed by atoms with van der Waals surface area (Å²) < 4.78 is 57.6. The summed E-state index contributed by atoms with van der Waals surface area (Å²) in [4.78, 5) is 13.0. The molecule has 0 aliphatic rings. The molecule has 0 spiro atoms. The van der Waals surface area contributed by atoms with Gasteiger partial charge < -0.3 is 18.9 Å². The van der Waals surface area contributed by atoms with Crippen LogP contribution in [0, 0.1) is 13.8 Å². The SMILES string of the molecule is COCCO[C@@H](c1ncc(C)cn1)[C@@H](C)S(=O)(=O)/N=c1\n(C)nc(-c2cncc(C)c2)n1-c1c(OC)cccc1OC. The highest BCUT2D eigenvalue weighted by molar-refractivity contribution is 7.90. The Kier molecular flexibility index (Phi) is 9.70. The van der Waals surface area contributed by atoms with Crippen LogP contribution in [0.15, 0.2) is 53.5 Å². The van der Waals surface area contributed by atoms with E-state index < -0.39 is 21.4 Å². The minimum absolute atomic E-state index is 0.00150. The van der Waals surface area contributed by atoms with Crippen LogP contribution in [0.4, 0.5) is 0 Å². The molecule has 0 amide bonds. The second-order valence-corrected chi connectivity index (χ2v) is 11.5. The minimum atomic E-state index is -4.28. The molecule has 0 saturated heterocycles. The first kappa shape index (κ1) is 30.8. The van der Waals surface area contributed by atoms with E-state index in [1.807, 2.05) is 19.9 Å². The standard InChI is InChI=1S/C28H35N7O6S/c1-18-13-21(17-29-14-18)27-32-34(4)28(35(27)24-22(39-6)9-8-10-23(24)40-7)33-42(36,37)20(3)25(41-12-11-38-5)26-30-15-19(2)16-31-26/h8-10,13-17,20,25H,11-12H2,1-7H3/b33-28+/t20-,25-/m1/s1. The average molecular weight is 598 g/mol. The van der Waals surface area contributed by atoms with Crippen LogP contribution in [0.25, 0.3) is 17.1 Å². The number of nitrogens with zero attached hydrogens (tertiary/aromatic N) is 7. The van der Waals surface area contributed by atoms with Gasteiger partial charge in [0.05, 0.1) is 27.4 Å². The first-order chi connectivity index (χ1) is 20.1. The summed E-state index contributed by atoms with van der Waals surface area (Å²) in [5.74, 6) is 1.45. The molecule has 3 aromatic heterocycles. The maximum atomic E-state index is 14.0. The molecule has 3 heterocycles. The number of aryl methyl sites for hydroxylation is 3. The van der Waals surface area contributed by atoms with Crippen molar-refractivity contribution < 1.29 is 27.4 Å². The van der Waals surface area contributed by atoms with E-state index in [-0.39, 0.29) is 24.7 Å². The van der Waals surface area contributed by atoms with Crippen LogP contribution in [0.3, 0.4) is 0 Å². The van der Waals surface area contributed by atoms with E-state index in [4.69, 9.17) is 18.9 Å². The van der Waals surface area contributed by atoms with E-state index in [0.29, 0.717) is 28.6 Å². The molecule has 0 unspecified atom stereocenters. The zero-order chi connectivity index (χ0) is 30.4. The number of ether oxygens (including phenoxy) is 4. The van der Waals surface area contributed by atoms with Crippen molar-refractivity contribution in [1.82, 2.24) is 29.3 Å². The van der Waals surface area contributed by atoms with Gasteiger partial charge in [0.25, 0.3) is 10.0 Å². The molecule has 4 rings (SSSR count). The third kappa shape index (κ3) is 6.50. The van der Waals surface area contributed by atoms with Crippen molar-refractivity contribution >= 4 is 10.0 Å². The Morgan fingerprint density at radius 1 is 0.952 bits per heavy atom. The number of methoxy groups -OCH3 is 3. The number of para-hydroxylation sites is 1. The fourth-order valence-corrected chi connectivity index (χ4v) is 5.38. The molecule has 4 aromatic rings. The average Bonchev–Trinajstić information content (AvgIpc) is 3.29. The fourth-order valence-electron chi connectivity index (χ4n) is 4.27. The van der Waals surface area contributed by atoms with Crippen molar-refractivity contribution in [1.29, 1.82) is 0 Å². The van der Waals surface area contributed by atoms with Crippen LogP contribution in [0.1, 0.15) is 30.0 Å². The monoisotopic (exact) mass is 597 g/mol. The zero-order valence-corrected chi connectivity index (χ0v) is 25.5. The van der Waals surface area contributed by atoms with E-state index in [9.17, 15) is 8.42 Å². The van der Waals surface area contributed by atoms with Crippen molar-refractivity contribution in [2.75, 3.05) is 34.5 Å². The smallest absolute Gasteiger partial charge is 0.262 e. The molecule has 2 atom stereocenters. The first-order valence-corrected chi connectivity index (χ1v) is 14.6. The van der Waals surface area contributed by atoms with Gasteiger partial charge in [-0.05, 0) is 50.1 Å². The molecule has 224 valence electrons. The van der Waals surface area contributed by atoms with E-state index in [1.54, 1.807) is 54.6 Å². The maximum absolute atomic E-state index is 14.0. The second-order valence-electron chi connectivity index (χ2n) is 9.56. The van der Waals surface area contributed by atoms with Crippen molar-refractivity contribution in [2.45, 2.75) is 32.1 Å². The Labute approximate surface area is 244 Å². The predicted octanol–water partition coefficient (Wildman–Crippen LogP) is 2.72. The Hall–Kier alpha value is -4.14. The van der Waals surface area contributed by atoms with Gasteiger partial charge in [-0.25, -0.2) is 23.1 Å². The van der Waals surface area contributed by atoms with Gasteiger partial charge in [0.1, 0.15) is 28.5 Å². The summed E-state index contributed by atoms with van der Waals surface area (Å²) in [5.41, 5.74) is 2.78. The van der Waals surface area contributed by atoms with E-state index in [2.05, 4.69) is 24.4 Å². The number of rotatable bonds is 12. The Balaban J connectivity index is 1.96. The summed E-state index contributed by atoms with van der Waals surface area (Å²) in [5, 5.41) is 3.49. The number of sulfonamides is 1. The summed E-state index contributed by atoms with van der Waals surface area (Å²) in [6.07, 6.45) is 5.56. The van der Waals surface area contributed by atoms with Crippen LogP contribution in [0.2, 0.25) is 0 Å². The molecule has 0 aliphatic carbocycles. The number of hydrogen-bond donors (Lipinski definition) is 0. The zero-order valence-electron chi connectivity index (χ0n) is 24.7. The predicted molar refractivity (Wildman–Crippen MR) is 155 cm³/mol. The van der Waals surface area contributed by atoms with Gasteiger partial charge in [-0.2, -0.15) is 5.10 Å². The van der Waals surface area contributed by atoms with Crippen LogP contribution in [-0.2, 0) is 26.5 Å². The number of benzene rings is 1. The summed E-state index contributed by atoms with van der Waals surface area (Å²) in [7, 11) is 1.90. The minimum Gasteiger partial charge on any atom is -0.494 e. The molecule has 0 radical (unpaired) electrons. The molecule has 0 N–H and O–H groups in total. The van der Waals surface area contributed by atoms with Crippen molar-refractivity contribution in [3.63, 3.8) is 0 Å². The Bertz CT molecular complexity index is 1680. The van der Waals surface area contributed by atoms with Gasteiger partial charge in [-0.1, -0.05) is 6.07 Å². The lowest BCUT2D eigenvalue weighted by Crippen LogP contribution is -2.33. The first-order valence-electron chi connectivity index (χ1n) is 13.1. The summed E-state index contributed by atoms with van der Waals surface area (Å²) in [6, 6.07) is 7.14. The lowest BCUT2D eigenvalue weighted by atomic mass is 10.2. The quantitative estimate of drug-likeness (QED) is 0.224. The topological polar surface area (TPSA) is 145 Å². The van der Waals surface area contributed by atoms with Crippen LogP contribution < -0.4 is 15.1 Å². The summed E-state index contributed by atoms with van der Waals surface area (Å²) in [6.45, 7) is 5.65. The van der Waals surface area contributed by atoms with Gasteiger partial charge >= 0.3 is 0 Å². The molecule has 0 bridgehead atoms. The van der Waals surface area contributed by atoms with E-state index in [0.717, 1.165) is 11.1 Å². The molecule has 13 nitrogen and oxygen atoms in total. The van der Waals surface area contributed by atoms with E-state index >= 15 is 0 Å². The number of pyridine rings is 1. The van der Waals surface area contributed by atoms with Gasteiger partial charge in [0, 0.05) is 44.5 Å². The fraction of sp³-hybridized carbons (Fsp3) is 0.393. The third-order valence-electron chi connectivity index (χ3n) is 6.45. The largest absolute Gasteiger partial charge is 0.494 e. The highest BCUT2D eigenvalue weighted by Gasteiger charge is 2.34. The molecular weight excluding hydrogens is 562 g/mol.